The zero-order chi connectivity index (χ0) is 17.1. The molecule has 5 nitrogen and oxygen atoms in total. The fourth-order valence-corrected chi connectivity index (χ4v) is 2.62. The summed E-state index contributed by atoms with van der Waals surface area (Å²) in [6.45, 7) is 3.64. The SMILES string of the molecule is CCN1C(=O)NC(=O)C(CC[C@@H](C)c2ccc(F)c(F)c2)C1=O. The second-order valence-electron chi connectivity index (χ2n) is 5.58. The number of nitrogens with zero attached hydrogens (tertiary/aromatic N) is 1. The summed E-state index contributed by atoms with van der Waals surface area (Å²) < 4.78 is 26.2. The van der Waals surface area contributed by atoms with Gasteiger partial charge in [0.25, 0.3) is 0 Å². The van der Waals surface area contributed by atoms with E-state index in [0.29, 0.717) is 12.0 Å². The minimum Gasteiger partial charge on any atom is -0.277 e. The highest BCUT2D eigenvalue weighted by molar-refractivity contribution is 6.16. The standard InChI is InChI=1S/C16H18F2N2O3/c1-3-20-15(22)11(14(21)19-16(20)23)6-4-9(2)10-5-7-12(17)13(18)8-10/h5,7-9,11H,3-4,6H2,1-2H3,(H,19,21,23)/t9-,11?/m1/s1. The van der Waals surface area contributed by atoms with Crippen molar-refractivity contribution in [1.29, 1.82) is 0 Å². The number of halogens is 2. The summed E-state index contributed by atoms with van der Waals surface area (Å²) in [4.78, 5) is 36.5. The molecule has 2 atom stereocenters. The molecular weight excluding hydrogens is 306 g/mol. The van der Waals surface area contributed by atoms with E-state index in [-0.39, 0.29) is 18.9 Å². The molecule has 1 saturated heterocycles. The first-order chi connectivity index (χ1) is 10.8. The molecule has 1 fully saturated rings. The fourth-order valence-electron chi connectivity index (χ4n) is 2.62. The molecule has 1 aliphatic heterocycles. The van der Waals surface area contributed by atoms with E-state index in [2.05, 4.69) is 5.32 Å². The number of nitrogens with one attached hydrogen (secondary N) is 1. The van der Waals surface area contributed by atoms with Crippen molar-refractivity contribution in [3.05, 3.63) is 35.4 Å². The molecule has 1 N–H and O–H groups in total. The number of benzene rings is 1. The van der Waals surface area contributed by atoms with Crippen LogP contribution in [0.2, 0.25) is 0 Å². The van der Waals surface area contributed by atoms with E-state index >= 15 is 0 Å². The third-order valence-electron chi connectivity index (χ3n) is 4.07. The van der Waals surface area contributed by atoms with E-state index in [1.54, 1.807) is 13.8 Å². The average Bonchev–Trinajstić information content (AvgIpc) is 2.49. The van der Waals surface area contributed by atoms with E-state index in [4.69, 9.17) is 0 Å². The smallest absolute Gasteiger partial charge is 0.277 e. The van der Waals surface area contributed by atoms with Crippen molar-refractivity contribution < 1.29 is 23.2 Å². The summed E-state index contributed by atoms with van der Waals surface area (Å²) in [7, 11) is 0. The number of hydrogen-bond acceptors (Lipinski definition) is 3. The number of amides is 4. The Balaban J connectivity index is 2.04. The first kappa shape index (κ1) is 17.1. The Morgan fingerprint density at radius 3 is 2.52 bits per heavy atom. The van der Waals surface area contributed by atoms with Gasteiger partial charge in [0.15, 0.2) is 11.6 Å². The van der Waals surface area contributed by atoms with Crippen LogP contribution in [0.4, 0.5) is 13.6 Å². The van der Waals surface area contributed by atoms with Gasteiger partial charge >= 0.3 is 6.03 Å². The molecule has 0 aliphatic carbocycles. The highest BCUT2D eigenvalue weighted by Gasteiger charge is 2.39. The Morgan fingerprint density at radius 1 is 1.22 bits per heavy atom. The third-order valence-corrected chi connectivity index (χ3v) is 4.07. The van der Waals surface area contributed by atoms with E-state index in [1.807, 2.05) is 0 Å². The molecule has 0 bridgehead atoms. The lowest BCUT2D eigenvalue weighted by atomic mass is 9.90. The highest BCUT2D eigenvalue weighted by atomic mass is 19.2. The van der Waals surface area contributed by atoms with E-state index in [9.17, 15) is 23.2 Å². The largest absolute Gasteiger partial charge is 0.330 e. The van der Waals surface area contributed by atoms with Crippen LogP contribution in [-0.2, 0) is 9.59 Å². The maximum atomic E-state index is 13.3. The van der Waals surface area contributed by atoms with Crippen LogP contribution in [0.15, 0.2) is 18.2 Å². The Kier molecular flexibility index (Phi) is 5.08. The molecule has 1 unspecified atom stereocenters. The maximum absolute atomic E-state index is 13.3. The molecule has 0 saturated carbocycles. The summed E-state index contributed by atoms with van der Waals surface area (Å²) in [6.07, 6.45) is 0.662. The van der Waals surface area contributed by atoms with Crippen molar-refractivity contribution in [3.63, 3.8) is 0 Å². The molecule has 1 heterocycles. The zero-order valence-electron chi connectivity index (χ0n) is 12.9. The molecule has 7 heteroatoms. The Morgan fingerprint density at radius 2 is 1.91 bits per heavy atom. The van der Waals surface area contributed by atoms with Gasteiger partial charge in [-0.2, -0.15) is 0 Å². The van der Waals surface area contributed by atoms with Gasteiger partial charge in [-0.25, -0.2) is 13.6 Å². The molecule has 4 amide bonds. The second kappa shape index (κ2) is 6.85. The number of barbiturate groups is 1. The number of imide groups is 2. The molecule has 2 rings (SSSR count). The van der Waals surface area contributed by atoms with E-state index in [1.165, 1.54) is 6.07 Å². The van der Waals surface area contributed by atoms with Crippen LogP contribution in [0, 0.1) is 17.6 Å². The monoisotopic (exact) mass is 324 g/mol. The number of urea groups is 1. The van der Waals surface area contributed by atoms with Gasteiger partial charge in [0.1, 0.15) is 5.92 Å². The van der Waals surface area contributed by atoms with Gasteiger partial charge in [0.2, 0.25) is 11.8 Å². The summed E-state index contributed by atoms with van der Waals surface area (Å²) in [5, 5.41) is 2.16. The molecule has 124 valence electrons. The summed E-state index contributed by atoms with van der Waals surface area (Å²) >= 11 is 0. The average molecular weight is 324 g/mol. The maximum Gasteiger partial charge on any atom is 0.330 e. The predicted molar refractivity (Wildman–Crippen MR) is 78.4 cm³/mol. The van der Waals surface area contributed by atoms with Crippen molar-refractivity contribution in [2.75, 3.05) is 6.54 Å². The number of hydrogen-bond donors (Lipinski definition) is 1. The summed E-state index contributed by atoms with van der Waals surface area (Å²) in [5.41, 5.74) is 0.594. The molecule has 1 aromatic carbocycles. The molecule has 0 spiro atoms. The first-order valence-electron chi connectivity index (χ1n) is 7.46. The van der Waals surface area contributed by atoms with Crippen molar-refractivity contribution in [3.8, 4) is 0 Å². The lowest BCUT2D eigenvalue weighted by molar-refractivity contribution is -0.142. The van der Waals surface area contributed by atoms with Crippen molar-refractivity contribution in [2.24, 2.45) is 5.92 Å². The predicted octanol–water partition coefficient (Wildman–Crippen LogP) is 2.56. The van der Waals surface area contributed by atoms with Crippen molar-refractivity contribution >= 4 is 17.8 Å². The van der Waals surface area contributed by atoms with E-state index in [0.717, 1.165) is 17.0 Å². The topological polar surface area (TPSA) is 66.5 Å². The number of rotatable bonds is 5. The Hall–Kier alpha value is -2.31. The van der Waals surface area contributed by atoms with Crippen LogP contribution < -0.4 is 5.32 Å². The van der Waals surface area contributed by atoms with Crippen LogP contribution in [0.25, 0.3) is 0 Å². The van der Waals surface area contributed by atoms with Crippen LogP contribution in [-0.4, -0.2) is 29.3 Å². The third kappa shape index (κ3) is 3.55. The Bertz CT molecular complexity index is 648. The lowest BCUT2D eigenvalue weighted by Gasteiger charge is -2.29. The first-order valence-corrected chi connectivity index (χ1v) is 7.46. The van der Waals surface area contributed by atoms with Crippen LogP contribution >= 0.6 is 0 Å². The van der Waals surface area contributed by atoms with Crippen LogP contribution in [0.3, 0.4) is 0 Å². The molecule has 23 heavy (non-hydrogen) atoms. The second-order valence-corrected chi connectivity index (χ2v) is 5.58. The highest BCUT2D eigenvalue weighted by Crippen LogP contribution is 2.26. The quantitative estimate of drug-likeness (QED) is 0.847. The Labute approximate surface area is 132 Å². The summed E-state index contributed by atoms with van der Waals surface area (Å²) in [6, 6.07) is 2.95. The lowest BCUT2D eigenvalue weighted by Crippen LogP contribution is -2.57. The van der Waals surface area contributed by atoms with Gasteiger partial charge in [-0.3, -0.25) is 19.8 Å². The molecule has 0 aromatic heterocycles. The van der Waals surface area contributed by atoms with Crippen LogP contribution in [0.5, 0.6) is 0 Å². The van der Waals surface area contributed by atoms with Gasteiger partial charge in [-0.05, 0) is 43.4 Å². The number of carbonyl (C=O) groups is 3. The molecule has 0 radical (unpaired) electrons. The van der Waals surface area contributed by atoms with Gasteiger partial charge in [0, 0.05) is 6.54 Å². The van der Waals surface area contributed by atoms with E-state index < -0.39 is 35.4 Å². The van der Waals surface area contributed by atoms with Gasteiger partial charge in [-0.1, -0.05) is 13.0 Å². The molecule has 1 aliphatic rings. The fraction of sp³-hybridized carbons (Fsp3) is 0.438. The zero-order valence-corrected chi connectivity index (χ0v) is 12.9. The van der Waals surface area contributed by atoms with Crippen molar-refractivity contribution in [2.45, 2.75) is 32.6 Å². The minimum atomic E-state index is -0.930. The molecular formula is C16H18F2N2O3. The van der Waals surface area contributed by atoms with Gasteiger partial charge < -0.3 is 0 Å². The molecule has 1 aromatic rings. The normalized spacial score (nSPS) is 19.7. The summed E-state index contributed by atoms with van der Waals surface area (Å²) in [5.74, 6) is -4.05. The van der Waals surface area contributed by atoms with Crippen molar-refractivity contribution in [1.82, 2.24) is 10.2 Å². The van der Waals surface area contributed by atoms with Crippen LogP contribution in [0.1, 0.15) is 38.2 Å². The minimum absolute atomic E-state index is 0.154. The van der Waals surface area contributed by atoms with Gasteiger partial charge in [-0.15, -0.1) is 0 Å². The number of carbonyl (C=O) groups excluding carboxylic acids is 3. The van der Waals surface area contributed by atoms with Gasteiger partial charge in [0.05, 0.1) is 0 Å².